The Morgan fingerprint density at radius 1 is 0.960 bits per heavy atom. The molecule has 2 rings (SSSR count). The Labute approximate surface area is 153 Å². The lowest BCUT2D eigenvalue weighted by Crippen LogP contribution is -2.38. The maximum atomic E-state index is 11.8. The van der Waals surface area contributed by atoms with Crippen molar-refractivity contribution in [2.75, 3.05) is 19.7 Å². The van der Waals surface area contributed by atoms with Crippen LogP contribution >= 0.6 is 0 Å². The van der Waals surface area contributed by atoms with Gasteiger partial charge in [0.2, 0.25) is 0 Å². The molecule has 25 heavy (non-hydrogen) atoms. The van der Waals surface area contributed by atoms with Gasteiger partial charge in [-0.25, -0.2) is 4.79 Å². The summed E-state index contributed by atoms with van der Waals surface area (Å²) in [6.45, 7) is 11.7. The molecule has 1 aliphatic heterocycles. The van der Waals surface area contributed by atoms with Crippen LogP contribution in [0.2, 0.25) is 0 Å². The van der Waals surface area contributed by atoms with Crippen molar-refractivity contribution in [3.05, 3.63) is 35.4 Å². The lowest BCUT2D eigenvalue weighted by Gasteiger charge is -2.26. The molecule has 0 bridgehead atoms. The highest BCUT2D eigenvalue weighted by Gasteiger charge is 2.18. The van der Waals surface area contributed by atoms with Crippen LogP contribution in [-0.2, 0) is 9.53 Å². The Morgan fingerprint density at radius 3 is 1.96 bits per heavy atom. The number of hydrogen-bond donors (Lipinski definition) is 0. The molecule has 1 fully saturated rings. The van der Waals surface area contributed by atoms with E-state index in [2.05, 4.69) is 13.8 Å². The number of amides is 1. The Hall–Kier alpha value is -1.84. The van der Waals surface area contributed by atoms with Gasteiger partial charge in [0.1, 0.15) is 0 Å². The number of likely N-dealkylation sites (tertiary alicyclic amines) is 1. The highest BCUT2D eigenvalue weighted by Crippen LogP contribution is 2.09. The summed E-state index contributed by atoms with van der Waals surface area (Å²) in [5.74, 6) is -0.537. The van der Waals surface area contributed by atoms with E-state index in [0.717, 1.165) is 31.5 Å². The van der Waals surface area contributed by atoms with Gasteiger partial charge in [0.05, 0.1) is 5.56 Å². The number of carbonyl (C=O) groups excluding carboxylic acids is 2. The minimum absolute atomic E-state index is 0.0971. The van der Waals surface area contributed by atoms with Crippen LogP contribution in [0.15, 0.2) is 24.3 Å². The number of benzene rings is 1. The van der Waals surface area contributed by atoms with Crippen molar-refractivity contribution in [3.8, 4) is 0 Å². The normalized spacial score (nSPS) is 12.9. The van der Waals surface area contributed by atoms with Gasteiger partial charge in [0.25, 0.3) is 5.91 Å². The van der Waals surface area contributed by atoms with Crippen LogP contribution in [0.1, 0.15) is 75.7 Å². The van der Waals surface area contributed by atoms with Crippen LogP contribution < -0.4 is 0 Å². The fraction of sp³-hybridized carbons (Fsp3) is 0.619. The first kappa shape index (κ1) is 23.2. The number of unbranched alkanes of at least 4 members (excludes halogenated alkanes) is 1. The van der Waals surface area contributed by atoms with Gasteiger partial charge < -0.3 is 9.64 Å². The molecule has 0 spiro atoms. The van der Waals surface area contributed by atoms with Gasteiger partial charge in [-0.2, -0.15) is 0 Å². The van der Waals surface area contributed by atoms with E-state index < -0.39 is 5.97 Å². The second-order valence-electron chi connectivity index (χ2n) is 5.88. The SMILES string of the molecule is CC.CCCC.Cc1ccc(C(=O)OCC(=O)N2CCCCC2)cc1. The first-order chi connectivity index (χ1) is 12.1. The van der Waals surface area contributed by atoms with Gasteiger partial charge in [0, 0.05) is 13.1 Å². The molecule has 1 amide bonds. The number of rotatable bonds is 4. The number of piperidine rings is 1. The monoisotopic (exact) mass is 349 g/mol. The average Bonchev–Trinajstić information content (AvgIpc) is 2.68. The van der Waals surface area contributed by atoms with Crippen molar-refractivity contribution in [2.24, 2.45) is 0 Å². The average molecular weight is 350 g/mol. The predicted molar refractivity (Wildman–Crippen MR) is 104 cm³/mol. The highest BCUT2D eigenvalue weighted by atomic mass is 16.5. The number of esters is 1. The highest BCUT2D eigenvalue weighted by molar-refractivity contribution is 5.91. The van der Waals surface area contributed by atoms with Gasteiger partial charge in [-0.15, -0.1) is 0 Å². The summed E-state index contributed by atoms with van der Waals surface area (Å²) in [6, 6.07) is 7.12. The van der Waals surface area contributed by atoms with E-state index in [0.29, 0.717) is 5.56 Å². The molecule has 1 aliphatic rings. The van der Waals surface area contributed by atoms with Crippen molar-refractivity contribution in [1.82, 2.24) is 4.90 Å². The van der Waals surface area contributed by atoms with E-state index in [1.807, 2.05) is 32.9 Å². The summed E-state index contributed by atoms with van der Waals surface area (Å²) in [6.07, 6.45) is 5.89. The van der Waals surface area contributed by atoms with Crippen LogP contribution in [0.5, 0.6) is 0 Å². The van der Waals surface area contributed by atoms with Crippen molar-refractivity contribution in [2.45, 2.75) is 66.7 Å². The third-order valence-electron chi connectivity index (χ3n) is 3.82. The molecular weight excluding hydrogens is 314 g/mol. The zero-order chi connectivity index (χ0) is 19.1. The van der Waals surface area contributed by atoms with E-state index >= 15 is 0 Å². The molecule has 1 saturated heterocycles. The van der Waals surface area contributed by atoms with E-state index in [-0.39, 0.29) is 12.5 Å². The van der Waals surface area contributed by atoms with Gasteiger partial charge in [-0.3, -0.25) is 4.79 Å². The summed E-state index contributed by atoms with van der Waals surface area (Å²) in [5.41, 5.74) is 1.57. The predicted octanol–water partition coefficient (Wildman–Crippen LogP) is 5.00. The van der Waals surface area contributed by atoms with Crippen LogP contribution in [0.3, 0.4) is 0 Å². The lowest BCUT2D eigenvalue weighted by atomic mass is 10.1. The molecule has 1 aromatic carbocycles. The number of hydrogen-bond acceptors (Lipinski definition) is 3. The Balaban J connectivity index is 0.000000845. The maximum Gasteiger partial charge on any atom is 0.338 e. The van der Waals surface area contributed by atoms with Gasteiger partial charge in [-0.1, -0.05) is 58.2 Å². The molecule has 4 heteroatoms. The molecular formula is C21H35NO3. The molecule has 1 aromatic rings. The second kappa shape index (κ2) is 14.5. The van der Waals surface area contributed by atoms with E-state index in [4.69, 9.17) is 4.74 Å². The molecule has 142 valence electrons. The fourth-order valence-electron chi connectivity index (χ4n) is 2.13. The quantitative estimate of drug-likeness (QED) is 0.719. The zero-order valence-corrected chi connectivity index (χ0v) is 16.6. The topological polar surface area (TPSA) is 46.6 Å². The number of aryl methyl sites for hydroxylation is 1. The Bertz CT molecular complexity index is 474. The standard InChI is InChI=1S/C15H19NO3.C4H10.C2H6/c1-12-5-7-13(8-6-12)15(18)19-11-14(17)16-9-3-2-4-10-16;1-3-4-2;1-2/h5-8H,2-4,9-11H2,1H3;3-4H2,1-2H3;1-2H3. The van der Waals surface area contributed by atoms with Crippen LogP contribution in [-0.4, -0.2) is 36.5 Å². The minimum atomic E-state index is -0.439. The van der Waals surface area contributed by atoms with Crippen molar-refractivity contribution in [1.29, 1.82) is 0 Å². The summed E-state index contributed by atoms with van der Waals surface area (Å²) >= 11 is 0. The summed E-state index contributed by atoms with van der Waals surface area (Å²) < 4.78 is 5.05. The van der Waals surface area contributed by atoms with E-state index in [1.54, 1.807) is 17.0 Å². The maximum absolute atomic E-state index is 11.8. The van der Waals surface area contributed by atoms with Crippen molar-refractivity contribution in [3.63, 3.8) is 0 Å². The summed E-state index contributed by atoms with van der Waals surface area (Å²) in [7, 11) is 0. The molecule has 0 aromatic heterocycles. The fourth-order valence-corrected chi connectivity index (χ4v) is 2.13. The molecule has 0 saturated carbocycles. The first-order valence-electron chi connectivity index (χ1n) is 9.60. The number of nitrogens with zero attached hydrogens (tertiary/aromatic N) is 1. The molecule has 0 aliphatic carbocycles. The third kappa shape index (κ3) is 9.90. The molecule has 0 N–H and O–H groups in total. The molecule has 0 radical (unpaired) electrons. The van der Waals surface area contributed by atoms with Crippen molar-refractivity contribution >= 4 is 11.9 Å². The minimum Gasteiger partial charge on any atom is -0.452 e. The summed E-state index contributed by atoms with van der Waals surface area (Å²) in [4.78, 5) is 25.4. The van der Waals surface area contributed by atoms with Gasteiger partial charge in [-0.05, 0) is 38.3 Å². The van der Waals surface area contributed by atoms with E-state index in [1.165, 1.54) is 19.3 Å². The summed E-state index contributed by atoms with van der Waals surface area (Å²) in [5, 5.41) is 0. The third-order valence-corrected chi connectivity index (χ3v) is 3.82. The Kier molecular flexibility index (Phi) is 13.4. The van der Waals surface area contributed by atoms with Gasteiger partial charge in [0.15, 0.2) is 6.61 Å². The molecule has 0 unspecified atom stereocenters. The smallest absolute Gasteiger partial charge is 0.338 e. The van der Waals surface area contributed by atoms with Crippen LogP contribution in [0.25, 0.3) is 0 Å². The van der Waals surface area contributed by atoms with Gasteiger partial charge >= 0.3 is 5.97 Å². The van der Waals surface area contributed by atoms with Crippen LogP contribution in [0, 0.1) is 6.92 Å². The zero-order valence-electron chi connectivity index (χ0n) is 16.6. The Morgan fingerprint density at radius 2 is 1.48 bits per heavy atom. The first-order valence-corrected chi connectivity index (χ1v) is 9.60. The second-order valence-corrected chi connectivity index (χ2v) is 5.88. The number of ether oxygens (including phenoxy) is 1. The number of carbonyl (C=O) groups is 2. The molecule has 4 nitrogen and oxygen atoms in total. The lowest BCUT2D eigenvalue weighted by molar-refractivity contribution is -0.135. The van der Waals surface area contributed by atoms with Crippen molar-refractivity contribution < 1.29 is 14.3 Å². The largest absolute Gasteiger partial charge is 0.452 e. The van der Waals surface area contributed by atoms with Crippen LogP contribution in [0.4, 0.5) is 0 Å². The molecule has 0 atom stereocenters. The molecule has 1 heterocycles. The van der Waals surface area contributed by atoms with E-state index in [9.17, 15) is 9.59 Å².